The summed E-state index contributed by atoms with van der Waals surface area (Å²) in [6.07, 6.45) is 5.40. The summed E-state index contributed by atoms with van der Waals surface area (Å²) in [7, 11) is 0. The molecular formula is C12H20O2. The van der Waals surface area contributed by atoms with Crippen molar-refractivity contribution in [2.75, 3.05) is 0 Å². The normalized spacial score (nSPS) is 48.8. The number of ketones is 1. The Bertz CT molecular complexity index is 261. The highest BCUT2D eigenvalue weighted by atomic mass is 16.3. The number of fused-ring (bicyclic) bond motifs is 1. The van der Waals surface area contributed by atoms with Gasteiger partial charge in [-0.15, -0.1) is 0 Å². The molecule has 0 saturated heterocycles. The van der Waals surface area contributed by atoms with Gasteiger partial charge in [-0.05, 0) is 32.1 Å². The summed E-state index contributed by atoms with van der Waals surface area (Å²) < 4.78 is 0. The van der Waals surface area contributed by atoms with E-state index < -0.39 is 11.0 Å². The van der Waals surface area contributed by atoms with E-state index in [1.165, 1.54) is 0 Å². The molecule has 0 heterocycles. The lowest BCUT2D eigenvalue weighted by Gasteiger charge is -2.53. The molecule has 2 aliphatic rings. The highest BCUT2D eigenvalue weighted by molar-refractivity contribution is 5.87. The van der Waals surface area contributed by atoms with E-state index >= 15 is 0 Å². The molecule has 0 bridgehead atoms. The molecule has 0 unspecified atom stereocenters. The molecule has 2 heteroatoms. The molecule has 0 aromatic carbocycles. The van der Waals surface area contributed by atoms with E-state index in [9.17, 15) is 9.90 Å². The first-order valence-corrected chi connectivity index (χ1v) is 5.76. The number of hydrogen-bond acceptors (Lipinski definition) is 2. The zero-order valence-corrected chi connectivity index (χ0v) is 9.18. The molecule has 2 saturated carbocycles. The largest absolute Gasteiger partial charge is 0.389 e. The van der Waals surface area contributed by atoms with E-state index in [1.807, 2.05) is 6.92 Å². The van der Waals surface area contributed by atoms with Crippen LogP contribution < -0.4 is 0 Å². The van der Waals surface area contributed by atoms with Gasteiger partial charge in [0.05, 0.1) is 11.0 Å². The first kappa shape index (κ1) is 10.2. The van der Waals surface area contributed by atoms with Crippen LogP contribution in [-0.2, 0) is 4.79 Å². The second-order valence-electron chi connectivity index (χ2n) is 5.33. The summed E-state index contributed by atoms with van der Waals surface area (Å²) in [6.45, 7) is 4.07. The predicted molar refractivity (Wildman–Crippen MR) is 54.9 cm³/mol. The van der Waals surface area contributed by atoms with Crippen molar-refractivity contribution in [2.24, 2.45) is 11.3 Å². The van der Waals surface area contributed by atoms with Gasteiger partial charge in [0, 0.05) is 6.42 Å². The summed E-state index contributed by atoms with van der Waals surface area (Å²) in [5.41, 5.74) is -1.15. The second-order valence-corrected chi connectivity index (χ2v) is 5.33. The van der Waals surface area contributed by atoms with Crippen molar-refractivity contribution in [3.05, 3.63) is 0 Å². The number of aliphatic hydroxyl groups is 1. The first-order valence-electron chi connectivity index (χ1n) is 5.76. The van der Waals surface area contributed by atoms with Crippen LogP contribution in [-0.4, -0.2) is 16.5 Å². The van der Waals surface area contributed by atoms with Crippen LogP contribution in [0.5, 0.6) is 0 Å². The third-order valence-corrected chi connectivity index (χ3v) is 4.68. The van der Waals surface area contributed by atoms with E-state index in [0.717, 1.165) is 32.1 Å². The molecule has 0 aromatic heterocycles. The standard InChI is InChI=1S/C12H20O2/c1-9-5-6-10(13)11(2)7-3-4-8-12(9,11)14/h9,14H,3-8H2,1-2H3/t9-,11+,12-/m0/s1. The Morgan fingerprint density at radius 1 is 1.36 bits per heavy atom. The summed E-state index contributed by atoms with van der Waals surface area (Å²) in [5.74, 6) is 0.573. The van der Waals surface area contributed by atoms with Crippen molar-refractivity contribution in [3.63, 3.8) is 0 Å². The first-order chi connectivity index (χ1) is 6.51. The van der Waals surface area contributed by atoms with E-state index in [4.69, 9.17) is 0 Å². The Morgan fingerprint density at radius 3 is 2.64 bits per heavy atom. The lowest BCUT2D eigenvalue weighted by Crippen LogP contribution is -2.59. The third-order valence-electron chi connectivity index (χ3n) is 4.68. The van der Waals surface area contributed by atoms with Crippen LogP contribution in [0.15, 0.2) is 0 Å². The lowest BCUT2D eigenvalue weighted by atomic mass is 9.53. The van der Waals surface area contributed by atoms with Gasteiger partial charge in [-0.25, -0.2) is 0 Å². The Morgan fingerprint density at radius 2 is 2.00 bits per heavy atom. The van der Waals surface area contributed by atoms with Gasteiger partial charge >= 0.3 is 0 Å². The monoisotopic (exact) mass is 196 g/mol. The van der Waals surface area contributed by atoms with E-state index in [-0.39, 0.29) is 11.7 Å². The van der Waals surface area contributed by atoms with Gasteiger partial charge in [0.25, 0.3) is 0 Å². The summed E-state index contributed by atoms with van der Waals surface area (Å²) in [4.78, 5) is 11.9. The van der Waals surface area contributed by atoms with Gasteiger partial charge < -0.3 is 5.11 Å². The Hall–Kier alpha value is -0.370. The number of rotatable bonds is 0. The number of hydrogen-bond donors (Lipinski definition) is 1. The molecule has 0 amide bonds. The maximum Gasteiger partial charge on any atom is 0.141 e. The van der Waals surface area contributed by atoms with Crippen LogP contribution in [0.2, 0.25) is 0 Å². The van der Waals surface area contributed by atoms with Gasteiger partial charge in [0.15, 0.2) is 0 Å². The number of carbonyl (C=O) groups excluding carboxylic acids is 1. The minimum Gasteiger partial charge on any atom is -0.389 e. The molecule has 1 N–H and O–H groups in total. The predicted octanol–water partition coefficient (Wildman–Crippen LogP) is 2.30. The minimum absolute atomic E-state index is 0.283. The van der Waals surface area contributed by atoms with Crippen LogP contribution in [0.25, 0.3) is 0 Å². The zero-order valence-electron chi connectivity index (χ0n) is 9.18. The molecule has 0 spiro atoms. The molecule has 0 aliphatic heterocycles. The third kappa shape index (κ3) is 1.10. The Kier molecular flexibility index (Phi) is 2.22. The van der Waals surface area contributed by atoms with Gasteiger partial charge in [-0.1, -0.05) is 19.8 Å². The fourth-order valence-electron chi connectivity index (χ4n) is 3.40. The second kappa shape index (κ2) is 3.06. The Balaban J connectivity index is 2.38. The van der Waals surface area contributed by atoms with Crippen LogP contribution in [0.4, 0.5) is 0 Å². The van der Waals surface area contributed by atoms with Gasteiger partial charge in [-0.2, -0.15) is 0 Å². The molecule has 80 valence electrons. The topological polar surface area (TPSA) is 37.3 Å². The molecule has 3 atom stereocenters. The molecule has 2 rings (SSSR count). The minimum atomic E-state index is -0.708. The van der Waals surface area contributed by atoms with Crippen LogP contribution in [0, 0.1) is 11.3 Å². The van der Waals surface area contributed by atoms with Crippen LogP contribution in [0.3, 0.4) is 0 Å². The summed E-state index contributed by atoms with van der Waals surface area (Å²) in [5, 5.41) is 10.7. The van der Waals surface area contributed by atoms with Gasteiger partial charge in [-0.3, -0.25) is 4.79 Å². The quantitative estimate of drug-likeness (QED) is 0.645. The van der Waals surface area contributed by atoms with Crippen LogP contribution in [0.1, 0.15) is 52.4 Å². The Labute approximate surface area is 85.7 Å². The molecular weight excluding hydrogens is 176 g/mol. The molecule has 2 fully saturated rings. The van der Waals surface area contributed by atoms with Crippen molar-refractivity contribution in [3.8, 4) is 0 Å². The molecule has 0 radical (unpaired) electrons. The fourth-order valence-corrected chi connectivity index (χ4v) is 3.40. The van der Waals surface area contributed by atoms with Crippen molar-refractivity contribution >= 4 is 5.78 Å². The highest BCUT2D eigenvalue weighted by Crippen LogP contribution is 2.53. The van der Waals surface area contributed by atoms with E-state index in [1.54, 1.807) is 0 Å². The van der Waals surface area contributed by atoms with E-state index in [0.29, 0.717) is 6.42 Å². The fraction of sp³-hybridized carbons (Fsp3) is 0.917. The maximum absolute atomic E-state index is 11.9. The highest BCUT2D eigenvalue weighted by Gasteiger charge is 2.57. The van der Waals surface area contributed by atoms with E-state index in [2.05, 4.69) is 6.92 Å². The molecule has 14 heavy (non-hydrogen) atoms. The maximum atomic E-state index is 11.9. The number of carbonyl (C=O) groups is 1. The average molecular weight is 196 g/mol. The van der Waals surface area contributed by atoms with Crippen molar-refractivity contribution in [1.29, 1.82) is 0 Å². The van der Waals surface area contributed by atoms with Gasteiger partial charge in [0.2, 0.25) is 0 Å². The SMILES string of the molecule is C[C@H]1CCC(=O)[C@@]2(C)CCCC[C@]12O. The van der Waals surface area contributed by atoms with Gasteiger partial charge in [0.1, 0.15) is 5.78 Å². The van der Waals surface area contributed by atoms with Crippen molar-refractivity contribution < 1.29 is 9.90 Å². The zero-order chi connectivity index (χ0) is 10.4. The average Bonchev–Trinajstić information content (AvgIpc) is 2.16. The molecule has 0 aromatic rings. The molecule has 2 aliphatic carbocycles. The number of Topliss-reactive ketones (excluding diaryl/α,β-unsaturated/α-hetero) is 1. The van der Waals surface area contributed by atoms with Crippen molar-refractivity contribution in [1.82, 2.24) is 0 Å². The van der Waals surface area contributed by atoms with Crippen molar-refractivity contribution in [2.45, 2.75) is 58.0 Å². The summed E-state index contributed by atoms with van der Waals surface area (Å²) in [6, 6.07) is 0. The lowest BCUT2D eigenvalue weighted by molar-refractivity contribution is -0.178. The molecule has 2 nitrogen and oxygen atoms in total. The van der Waals surface area contributed by atoms with Crippen LogP contribution >= 0.6 is 0 Å². The smallest absolute Gasteiger partial charge is 0.141 e. The summed E-state index contributed by atoms with van der Waals surface area (Å²) >= 11 is 0.